The summed E-state index contributed by atoms with van der Waals surface area (Å²) in [6.07, 6.45) is 1.66. The molecule has 2 aromatic carbocycles. The van der Waals surface area contributed by atoms with Gasteiger partial charge in [-0.1, -0.05) is 18.7 Å². The summed E-state index contributed by atoms with van der Waals surface area (Å²) in [7, 11) is 3.23. The molecule has 0 atom stereocenters. The number of hydrogen-bond donors (Lipinski definition) is 2. The first-order valence-electron chi connectivity index (χ1n) is 6.70. The molecule has 0 unspecified atom stereocenters. The van der Waals surface area contributed by atoms with E-state index in [1.807, 2.05) is 42.5 Å². The van der Waals surface area contributed by atoms with E-state index in [-0.39, 0.29) is 0 Å². The Hall–Kier alpha value is -2.95. The molecule has 114 valence electrons. The van der Waals surface area contributed by atoms with Gasteiger partial charge in [0.05, 0.1) is 26.1 Å². The zero-order valence-electron chi connectivity index (χ0n) is 12.7. The van der Waals surface area contributed by atoms with Crippen LogP contribution >= 0.6 is 0 Å². The van der Waals surface area contributed by atoms with Crippen molar-refractivity contribution >= 4 is 17.6 Å². The molecule has 0 amide bonds. The lowest BCUT2D eigenvalue weighted by Gasteiger charge is -2.08. The highest BCUT2D eigenvalue weighted by Crippen LogP contribution is 2.22. The topological polar surface area (TPSA) is 68.9 Å². The Morgan fingerprint density at radius 1 is 1.14 bits per heavy atom. The van der Waals surface area contributed by atoms with Crippen molar-refractivity contribution in [3.8, 4) is 11.5 Å². The van der Waals surface area contributed by atoms with Crippen molar-refractivity contribution in [3.63, 3.8) is 0 Å². The number of benzene rings is 2. The molecule has 0 fully saturated rings. The number of anilines is 1. The Kier molecular flexibility index (Phi) is 5.03. The molecular formula is C17H19N3O2. The third-order valence-corrected chi connectivity index (χ3v) is 3.10. The van der Waals surface area contributed by atoms with Gasteiger partial charge in [0.2, 0.25) is 0 Å². The lowest BCUT2D eigenvalue weighted by atomic mass is 10.1. The number of hydrogen-bond acceptors (Lipinski definition) is 5. The number of nitrogen functional groups attached to an aromatic ring is 1. The molecule has 3 N–H and O–H groups in total. The van der Waals surface area contributed by atoms with Crippen LogP contribution in [-0.2, 0) is 0 Å². The molecule has 0 saturated heterocycles. The molecule has 0 aromatic heterocycles. The van der Waals surface area contributed by atoms with Gasteiger partial charge in [0.25, 0.3) is 0 Å². The SMILES string of the molecule is C=C(N/N=C/c1cc(OC)ccc1OC)c1ccc(N)cc1. The second-order valence-electron chi connectivity index (χ2n) is 4.58. The van der Waals surface area contributed by atoms with Crippen molar-refractivity contribution in [2.75, 3.05) is 20.0 Å². The number of methoxy groups -OCH3 is 2. The summed E-state index contributed by atoms with van der Waals surface area (Å²) in [4.78, 5) is 0. The molecule has 0 aliphatic rings. The highest BCUT2D eigenvalue weighted by molar-refractivity contribution is 5.84. The van der Waals surface area contributed by atoms with Crippen molar-refractivity contribution in [1.29, 1.82) is 0 Å². The number of ether oxygens (including phenoxy) is 2. The molecular weight excluding hydrogens is 278 g/mol. The second kappa shape index (κ2) is 7.17. The first-order valence-corrected chi connectivity index (χ1v) is 6.70. The van der Waals surface area contributed by atoms with Crippen molar-refractivity contribution < 1.29 is 9.47 Å². The summed E-state index contributed by atoms with van der Waals surface area (Å²) in [5.41, 5.74) is 11.7. The van der Waals surface area contributed by atoms with Gasteiger partial charge in [-0.25, -0.2) is 0 Å². The van der Waals surface area contributed by atoms with Gasteiger partial charge in [0.15, 0.2) is 0 Å². The van der Waals surface area contributed by atoms with Crippen LogP contribution in [0.3, 0.4) is 0 Å². The standard InChI is InChI=1S/C17H19N3O2/c1-12(13-4-6-15(18)7-5-13)20-19-11-14-10-16(21-2)8-9-17(14)22-3/h4-11,20H,1,18H2,2-3H3/b19-11+. The molecule has 2 aromatic rings. The van der Waals surface area contributed by atoms with Gasteiger partial charge in [0, 0.05) is 11.3 Å². The van der Waals surface area contributed by atoms with E-state index in [4.69, 9.17) is 15.2 Å². The Morgan fingerprint density at radius 2 is 1.86 bits per heavy atom. The smallest absolute Gasteiger partial charge is 0.127 e. The van der Waals surface area contributed by atoms with Crippen LogP contribution in [-0.4, -0.2) is 20.4 Å². The van der Waals surface area contributed by atoms with E-state index in [0.717, 1.165) is 16.9 Å². The van der Waals surface area contributed by atoms with Crippen LogP contribution in [0.5, 0.6) is 11.5 Å². The largest absolute Gasteiger partial charge is 0.497 e. The Balaban J connectivity index is 2.08. The molecule has 0 aliphatic heterocycles. The van der Waals surface area contributed by atoms with E-state index >= 15 is 0 Å². The van der Waals surface area contributed by atoms with E-state index < -0.39 is 0 Å². The first-order chi connectivity index (χ1) is 10.6. The fraction of sp³-hybridized carbons (Fsp3) is 0.118. The molecule has 0 aliphatic carbocycles. The fourth-order valence-electron chi connectivity index (χ4n) is 1.87. The zero-order valence-corrected chi connectivity index (χ0v) is 12.7. The van der Waals surface area contributed by atoms with Gasteiger partial charge in [-0.15, -0.1) is 0 Å². The van der Waals surface area contributed by atoms with Crippen LogP contribution in [0.2, 0.25) is 0 Å². The third kappa shape index (κ3) is 3.79. The normalized spacial score (nSPS) is 10.5. The average molecular weight is 297 g/mol. The van der Waals surface area contributed by atoms with Gasteiger partial charge in [-0.3, -0.25) is 5.43 Å². The fourth-order valence-corrected chi connectivity index (χ4v) is 1.87. The highest BCUT2D eigenvalue weighted by Gasteiger charge is 2.02. The van der Waals surface area contributed by atoms with Gasteiger partial charge < -0.3 is 15.2 Å². The highest BCUT2D eigenvalue weighted by atomic mass is 16.5. The summed E-state index contributed by atoms with van der Waals surface area (Å²) < 4.78 is 10.5. The number of rotatable bonds is 6. The lowest BCUT2D eigenvalue weighted by Crippen LogP contribution is -2.04. The summed E-state index contributed by atoms with van der Waals surface area (Å²) in [5, 5.41) is 4.18. The summed E-state index contributed by atoms with van der Waals surface area (Å²) in [5.74, 6) is 1.45. The van der Waals surface area contributed by atoms with Crippen LogP contribution in [0.15, 0.2) is 54.1 Å². The van der Waals surface area contributed by atoms with Crippen molar-refractivity contribution in [1.82, 2.24) is 5.43 Å². The van der Waals surface area contributed by atoms with Crippen molar-refractivity contribution in [2.45, 2.75) is 0 Å². The van der Waals surface area contributed by atoms with Crippen LogP contribution < -0.4 is 20.6 Å². The van der Waals surface area contributed by atoms with E-state index in [1.165, 1.54) is 0 Å². The third-order valence-electron chi connectivity index (χ3n) is 3.10. The molecule has 0 radical (unpaired) electrons. The van der Waals surface area contributed by atoms with E-state index in [2.05, 4.69) is 17.1 Å². The zero-order chi connectivity index (χ0) is 15.9. The minimum Gasteiger partial charge on any atom is -0.497 e. The van der Waals surface area contributed by atoms with E-state index in [9.17, 15) is 0 Å². The van der Waals surface area contributed by atoms with Gasteiger partial charge in [-0.05, 0) is 35.9 Å². The molecule has 22 heavy (non-hydrogen) atoms. The Bertz CT molecular complexity index is 679. The van der Waals surface area contributed by atoms with E-state index in [1.54, 1.807) is 20.4 Å². The van der Waals surface area contributed by atoms with Gasteiger partial charge >= 0.3 is 0 Å². The predicted octanol–water partition coefficient (Wildman–Crippen LogP) is 2.88. The molecule has 5 nitrogen and oxygen atoms in total. The van der Waals surface area contributed by atoms with Crippen molar-refractivity contribution in [3.05, 3.63) is 60.2 Å². The second-order valence-corrected chi connectivity index (χ2v) is 4.58. The molecule has 2 rings (SSSR count). The minimum absolute atomic E-state index is 0.679. The molecule has 0 saturated carbocycles. The number of nitrogens with zero attached hydrogens (tertiary/aromatic N) is 1. The summed E-state index contributed by atoms with van der Waals surface area (Å²) in [6.45, 7) is 3.94. The molecule has 0 bridgehead atoms. The van der Waals surface area contributed by atoms with Crippen LogP contribution in [0.4, 0.5) is 5.69 Å². The van der Waals surface area contributed by atoms with Gasteiger partial charge in [0.1, 0.15) is 11.5 Å². The van der Waals surface area contributed by atoms with Gasteiger partial charge in [-0.2, -0.15) is 5.10 Å². The Morgan fingerprint density at radius 3 is 2.50 bits per heavy atom. The number of nitrogens with two attached hydrogens (primary N) is 1. The first kappa shape index (κ1) is 15.4. The average Bonchev–Trinajstić information content (AvgIpc) is 2.55. The van der Waals surface area contributed by atoms with E-state index in [0.29, 0.717) is 17.1 Å². The molecule has 0 spiro atoms. The lowest BCUT2D eigenvalue weighted by molar-refractivity contribution is 0.402. The number of nitrogens with one attached hydrogen (secondary N) is 1. The summed E-state index contributed by atoms with van der Waals surface area (Å²) >= 11 is 0. The quantitative estimate of drug-likeness (QED) is 0.489. The summed E-state index contributed by atoms with van der Waals surface area (Å²) in [6, 6.07) is 12.9. The van der Waals surface area contributed by atoms with Crippen LogP contribution in [0, 0.1) is 0 Å². The number of hydrazone groups is 1. The van der Waals surface area contributed by atoms with Crippen molar-refractivity contribution in [2.24, 2.45) is 5.10 Å². The molecule has 0 heterocycles. The predicted molar refractivity (Wildman–Crippen MR) is 90.2 cm³/mol. The monoisotopic (exact) mass is 297 g/mol. The maximum absolute atomic E-state index is 5.66. The maximum atomic E-state index is 5.66. The Labute approximate surface area is 130 Å². The van der Waals surface area contributed by atoms with Crippen LogP contribution in [0.1, 0.15) is 11.1 Å². The maximum Gasteiger partial charge on any atom is 0.127 e. The van der Waals surface area contributed by atoms with Crippen LogP contribution in [0.25, 0.3) is 5.70 Å². The molecule has 5 heteroatoms. The minimum atomic E-state index is 0.679.